The van der Waals surface area contributed by atoms with E-state index in [0.29, 0.717) is 5.37 Å². The molecule has 0 saturated carbocycles. The lowest BCUT2D eigenvalue weighted by molar-refractivity contribution is -0.137. The zero-order chi connectivity index (χ0) is 8.55. The van der Waals surface area contributed by atoms with E-state index < -0.39 is 0 Å². The highest BCUT2D eigenvalue weighted by atomic mass is 32.2. The van der Waals surface area contributed by atoms with E-state index in [1.165, 1.54) is 5.57 Å². The van der Waals surface area contributed by atoms with Crippen LogP contribution in [-0.4, -0.2) is 33.9 Å². The third kappa shape index (κ3) is 1.38. The Morgan fingerprint density at radius 2 is 2.67 bits per heavy atom. The van der Waals surface area contributed by atoms with Crippen molar-refractivity contribution in [2.75, 3.05) is 17.8 Å². The molecule has 1 unspecified atom stereocenters. The van der Waals surface area contributed by atoms with Crippen molar-refractivity contribution in [2.24, 2.45) is 0 Å². The van der Waals surface area contributed by atoms with Gasteiger partial charge in [0.2, 0.25) is 5.91 Å². The van der Waals surface area contributed by atoms with E-state index in [9.17, 15) is 4.79 Å². The maximum absolute atomic E-state index is 11.1. The monoisotopic (exact) mass is 201 g/mol. The molecule has 0 aliphatic carbocycles. The number of rotatable bonds is 2. The second kappa shape index (κ2) is 3.34. The van der Waals surface area contributed by atoms with E-state index in [-0.39, 0.29) is 5.91 Å². The lowest BCUT2D eigenvalue weighted by Gasteiger charge is -2.41. The molecule has 4 heteroatoms. The third-order valence-electron chi connectivity index (χ3n) is 2.06. The quantitative estimate of drug-likeness (QED) is 0.632. The first-order valence-corrected chi connectivity index (χ1v) is 6.37. The molecule has 1 fully saturated rings. The maximum Gasteiger partial charge on any atom is 0.230 e. The number of hydrogen-bond donors (Lipinski definition) is 0. The standard InChI is InChI=1S/C8H11NOS2/c1-11-4-6-3-9-7(10)2-8(9)12-5-6/h3,8H,2,4-5H2,1H3. The first-order valence-electron chi connectivity index (χ1n) is 3.92. The molecule has 1 amide bonds. The molecule has 66 valence electrons. The van der Waals surface area contributed by atoms with E-state index in [4.69, 9.17) is 0 Å². The summed E-state index contributed by atoms with van der Waals surface area (Å²) in [6, 6.07) is 0. The number of carbonyl (C=O) groups is 1. The molecule has 12 heavy (non-hydrogen) atoms. The average molecular weight is 201 g/mol. The predicted octanol–water partition coefficient (Wildman–Crippen LogP) is 1.54. The smallest absolute Gasteiger partial charge is 0.230 e. The lowest BCUT2D eigenvalue weighted by atomic mass is 10.2. The number of amides is 1. The SMILES string of the molecule is CSCC1=CN2C(=O)CC2SC1. The molecule has 0 spiro atoms. The van der Waals surface area contributed by atoms with Crippen molar-refractivity contribution in [3.63, 3.8) is 0 Å². The van der Waals surface area contributed by atoms with Crippen molar-refractivity contribution in [1.82, 2.24) is 4.90 Å². The summed E-state index contributed by atoms with van der Waals surface area (Å²) in [5.74, 6) is 2.45. The lowest BCUT2D eigenvalue weighted by Crippen LogP contribution is -2.49. The molecule has 2 heterocycles. The van der Waals surface area contributed by atoms with Gasteiger partial charge in [-0.3, -0.25) is 4.79 Å². The van der Waals surface area contributed by atoms with Gasteiger partial charge in [0.1, 0.15) is 0 Å². The number of thioether (sulfide) groups is 2. The van der Waals surface area contributed by atoms with Crippen molar-refractivity contribution < 1.29 is 4.79 Å². The molecule has 0 aromatic carbocycles. The van der Waals surface area contributed by atoms with Gasteiger partial charge in [-0.2, -0.15) is 11.8 Å². The van der Waals surface area contributed by atoms with E-state index in [2.05, 4.69) is 6.26 Å². The van der Waals surface area contributed by atoms with Crippen LogP contribution in [0.25, 0.3) is 0 Å². The maximum atomic E-state index is 11.1. The largest absolute Gasteiger partial charge is 0.306 e. The summed E-state index contributed by atoms with van der Waals surface area (Å²) in [5, 5.41) is 0.461. The molecular formula is C8H11NOS2. The Bertz CT molecular complexity index is 239. The highest BCUT2D eigenvalue weighted by Crippen LogP contribution is 2.35. The topological polar surface area (TPSA) is 20.3 Å². The van der Waals surface area contributed by atoms with E-state index in [0.717, 1.165) is 17.9 Å². The fraction of sp³-hybridized carbons (Fsp3) is 0.625. The first kappa shape index (κ1) is 8.51. The van der Waals surface area contributed by atoms with Crippen LogP contribution in [0.15, 0.2) is 11.8 Å². The number of β-lactam (4-membered cyclic amide) rings is 1. The molecular weight excluding hydrogens is 190 g/mol. The molecule has 2 rings (SSSR count). The van der Waals surface area contributed by atoms with Crippen molar-refractivity contribution in [3.8, 4) is 0 Å². The highest BCUT2D eigenvalue weighted by molar-refractivity contribution is 8.00. The number of carbonyl (C=O) groups excluding carboxylic acids is 1. The minimum Gasteiger partial charge on any atom is -0.306 e. The molecule has 2 nitrogen and oxygen atoms in total. The molecule has 0 N–H and O–H groups in total. The van der Waals surface area contributed by atoms with Crippen LogP contribution in [0.4, 0.5) is 0 Å². The summed E-state index contributed by atoms with van der Waals surface area (Å²) < 4.78 is 0. The summed E-state index contributed by atoms with van der Waals surface area (Å²) in [6.45, 7) is 0. The minimum atomic E-state index is 0.283. The van der Waals surface area contributed by atoms with Gasteiger partial charge < -0.3 is 4.90 Å². The number of nitrogens with zero attached hydrogens (tertiary/aromatic N) is 1. The van der Waals surface area contributed by atoms with Crippen LogP contribution in [0.1, 0.15) is 6.42 Å². The van der Waals surface area contributed by atoms with E-state index in [1.54, 1.807) is 0 Å². The van der Waals surface area contributed by atoms with Crippen LogP contribution < -0.4 is 0 Å². The Morgan fingerprint density at radius 3 is 3.33 bits per heavy atom. The Morgan fingerprint density at radius 1 is 1.83 bits per heavy atom. The normalized spacial score (nSPS) is 27.8. The van der Waals surface area contributed by atoms with Crippen LogP contribution in [0.3, 0.4) is 0 Å². The van der Waals surface area contributed by atoms with Gasteiger partial charge in [-0.15, -0.1) is 11.8 Å². The molecule has 0 aromatic heterocycles. The Balaban J connectivity index is 2.03. The summed E-state index contributed by atoms with van der Waals surface area (Å²) in [5.41, 5.74) is 1.39. The predicted molar refractivity (Wildman–Crippen MR) is 54.2 cm³/mol. The molecule has 0 bridgehead atoms. The van der Waals surface area contributed by atoms with Gasteiger partial charge in [0.25, 0.3) is 0 Å². The average Bonchev–Trinajstić information content (AvgIpc) is 2.07. The Hall–Kier alpha value is -0.0900. The Labute approximate surface area is 80.8 Å². The van der Waals surface area contributed by atoms with E-state index >= 15 is 0 Å². The van der Waals surface area contributed by atoms with Crippen molar-refractivity contribution in [2.45, 2.75) is 11.8 Å². The zero-order valence-corrected chi connectivity index (χ0v) is 8.58. The highest BCUT2D eigenvalue weighted by Gasteiger charge is 2.37. The van der Waals surface area contributed by atoms with Gasteiger partial charge in [-0.05, 0) is 11.8 Å². The zero-order valence-electron chi connectivity index (χ0n) is 6.95. The van der Waals surface area contributed by atoms with Gasteiger partial charge in [-0.1, -0.05) is 0 Å². The summed E-state index contributed by atoms with van der Waals surface area (Å²) >= 11 is 3.71. The van der Waals surface area contributed by atoms with Crippen LogP contribution in [0.5, 0.6) is 0 Å². The van der Waals surface area contributed by atoms with Crippen LogP contribution in [0, 0.1) is 0 Å². The van der Waals surface area contributed by atoms with Crippen molar-refractivity contribution in [1.29, 1.82) is 0 Å². The fourth-order valence-corrected chi connectivity index (χ4v) is 3.26. The van der Waals surface area contributed by atoms with Gasteiger partial charge in [0.15, 0.2) is 0 Å². The van der Waals surface area contributed by atoms with Crippen LogP contribution >= 0.6 is 23.5 Å². The van der Waals surface area contributed by atoms with Crippen LogP contribution in [0.2, 0.25) is 0 Å². The van der Waals surface area contributed by atoms with Gasteiger partial charge in [0.05, 0.1) is 11.8 Å². The molecule has 2 aliphatic heterocycles. The van der Waals surface area contributed by atoms with Crippen molar-refractivity contribution in [3.05, 3.63) is 11.8 Å². The first-order chi connectivity index (χ1) is 5.81. The number of fused-ring (bicyclic) bond motifs is 1. The Kier molecular flexibility index (Phi) is 2.37. The second-order valence-corrected chi connectivity index (χ2v) is 5.02. The van der Waals surface area contributed by atoms with Crippen molar-refractivity contribution >= 4 is 29.4 Å². The summed E-state index contributed by atoms with van der Waals surface area (Å²) in [6.07, 6.45) is 4.88. The third-order valence-corrected chi connectivity index (χ3v) is 4.04. The molecule has 0 aromatic rings. The number of hydrogen-bond acceptors (Lipinski definition) is 3. The van der Waals surface area contributed by atoms with Gasteiger partial charge in [-0.25, -0.2) is 0 Å². The van der Waals surface area contributed by atoms with E-state index in [1.807, 2.05) is 34.6 Å². The molecule has 2 aliphatic rings. The van der Waals surface area contributed by atoms with Crippen LogP contribution in [-0.2, 0) is 4.79 Å². The second-order valence-electron chi connectivity index (χ2n) is 2.99. The summed E-state index contributed by atoms with van der Waals surface area (Å²) in [4.78, 5) is 13.0. The van der Waals surface area contributed by atoms with Gasteiger partial charge in [0, 0.05) is 17.7 Å². The fourth-order valence-electron chi connectivity index (χ4n) is 1.40. The summed E-state index contributed by atoms with van der Waals surface area (Å²) in [7, 11) is 0. The molecule has 1 atom stereocenters. The minimum absolute atomic E-state index is 0.283. The molecule has 1 saturated heterocycles. The molecule has 0 radical (unpaired) electrons. The van der Waals surface area contributed by atoms with Gasteiger partial charge >= 0.3 is 0 Å².